The van der Waals surface area contributed by atoms with Crippen molar-refractivity contribution < 1.29 is 4.79 Å². The molecule has 0 saturated carbocycles. The summed E-state index contributed by atoms with van der Waals surface area (Å²) in [5, 5.41) is 10.7. The van der Waals surface area contributed by atoms with Crippen molar-refractivity contribution in [1.82, 2.24) is 20.5 Å². The van der Waals surface area contributed by atoms with Crippen LogP contribution in [0, 0.1) is 0 Å². The SMILES string of the molecule is O=C(Cc1ccn[nH]1)NCCc1c[nH]c2ccc(Br)cc12. The molecule has 2 aromatic heterocycles. The fourth-order valence-electron chi connectivity index (χ4n) is 2.31. The molecule has 0 saturated heterocycles. The molecule has 0 spiro atoms. The zero-order valence-electron chi connectivity index (χ0n) is 11.3. The molecule has 21 heavy (non-hydrogen) atoms. The predicted octanol–water partition coefficient (Wildman–Crippen LogP) is 2.55. The highest BCUT2D eigenvalue weighted by molar-refractivity contribution is 9.10. The van der Waals surface area contributed by atoms with Crippen molar-refractivity contribution in [2.24, 2.45) is 0 Å². The summed E-state index contributed by atoms with van der Waals surface area (Å²) >= 11 is 3.48. The molecule has 0 atom stereocenters. The summed E-state index contributed by atoms with van der Waals surface area (Å²) in [4.78, 5) is 15.0. The molecule has 0 fully saturated rings. The number of hydrogen-bond donors (Lipinski definition) is 3. The standard InChI is InChI=1S/C15H15BrN4O/c16-11-1-2-14-13(7-11)10(9-18-14)3-5-17-15(21)8-12-4-6-19-20-12/h1-2,4,6-7,9,18H,3,5,8H2,(H,17,21)(H,19,20). The van der Waals surface area contributed by atoms with Crippen LogP contribution in [0.4, 0.5) is 0 Å². The van der Waals surface area contributed by atoms with Crippen LogP contribution < -0.4 is 5.32 Å². The first kappa shape index (κ1) is 13.9. The van der Waals surface area contributed by atoms with Gasteiger partial charge in [-0.15, -0.1) is 0 Å². The third kappa shape index (κ3) is 3.33. The second-order valence-corrected chi connectivity index (χ2v) is 5.78. The Kier molecular flexibility index (Phi) is 4.06. The Morgan fingerprint density at radius 1 is 1.33 bits per heavy atom. The molecule has 1 amide bonds. The molecular weight excluding hydrogens is 332 g/mol. The number of nitrogens with zero attached hydrogens (tertiary/aromatic N) is 1. The van der Waals surface area contributed by atoms with Gasteiger partial charge in [-0.3, -0.25) is 9.89 Å². The van der Waals surface area contributed by atoms with E-state index in [1.54, 1.807) is 12.3 Å². The molecule has 3 aromatic rings. The van der Waals surface area contributed by atoms with E-state index in [1.807, 2.05) is 18.3 Å². The minimum Gasteiger partial charge on any atom is -0.361 e. The molecule has 3 N–H and O–H groups in total. The lowest BCUT2D eigenvalue weighted by Gasteiger charge is -2.04. The van der Waals surface area contributed by atoms with Gasteiger partial charge in [-0.05, 0) is 36.2 Å². The average Bonchev–Trinajstić information content (AvgIpc) is 3.09. The van der Waals surface area contributed by atoms with Gasteiger partial charge in [0.2, 0.25) is 5.91 Å². The molecule has 6 heteroatoms. The lowest BCUT2D eigenvalue weighted by Crippen LogP contribution is -2.27. The fourth-order valence-corrected chi connectivity index (χ4v) is 2.67. The third-order valence-corrected chi connectivity index (χ3v) is 3.85. The Hall–Kier alpha value is -2.08. The van der Waals surface area contributed by atoms with E-state index in [4.69, 9.17) is 0 Å². The van der Waals surface area contributed by atoms with Crippen LogP contribution in [0.1, 0.15) is 11.3 Å². The molecule has 2 heterocycles. The Morgan fingerprint density at radius 2 is 2.24 bits per heavy atom. The zero-order valence-corrected chi connectivity index (χ0v) is 12.9. The summed E-state index contributed by atoms with van der Waals surface area (Å²) in [6, 6.07) is 7.94. The van der Waals surface area contributed by atoms with Gasteiger partial charge in [-0.25, -0.2) is 0 Å². The number of benzene rings is 1. The number of aromatic nitrogens is 3. The molecule has 0 radical (unpaired) electrons. The fraction of sp³-hybridized carbons (Fsp3) is 0.200. The maximum absolute atomic E-state index is 11.8. The Labute approximate surface area is 130 Å². The van der Waals surface area contributed by atoms with E-state index in [2.05, 4.69) is 42.5 Å². The first-order valence-corrected chi connectivity index (χ1v) is 7.52. The number of carbonyl (C=O) groups is 1. The smallest absolute Gasteiger partial charge is 0.226 e. The molecule has 0 aliphatic carbocycles. The Balaban J connectivity index is 1.57. The van der Waals surface area contributed by atoms with Crippen LogP contribution in [0.5, 0.6) is 0 Å². The maximum atomic E-state index is 11.8. The van der Waals surface area contributed by atoms with Crippen LogP contribution in [-0.2, 0) is 17.6 Å². The maximum Gasteiger partial charge on any atom is 0.226 e. The van der Waals surface area contributed by atoms with Crippen LogP contribution >= 0.6 is 15.9 Å². The van der Waals surface area contributed by atoms with E-state index in [1.165, 1.54) is 10.9 Å². The highest BCUT2D eigenvalue weighted by atomic mass is 79.9. The number of H-pyrrole nitrogens is 2. The van der Waals surface area contributed by atoms with Gasteiger partial charge in [0, 0.05) is 40.0 Å². The molecule has 0 aliphatic rings. The van der Waals surface area contributed by atoms with Crippen molar-refractivity contribution in [3.8, 4) is 0 Å². The third-order valence-electron chi connectivity index (χ3n) is 3.36. The van der Waals surface area contributed by atoms with Crippen molar-refractivity contribution in [3.05, 3.63) is 52.4 Å². The number of halogens is 1. The average molecular weight is 347 g/mol. The van der Waals surface area contributed by atoms with Gasteiger partial charge >= 0.3 is 0 Å². The van der Waals surface area contributed by atoms with Gasteiger partial charge in [-0.2, -0.15) is 5.10 Å². The van der Waals surface area contributed by atoms with Gasteiger partial charge in [0.1, 0.15) is 0 Å². The van der Waals surface area contributed by atoms with Crippen LogP contribution in [0.15, 0.2) is 41.1 Å². The van der Waals surface area contributed by atoms with Gasteiger partial charge in [0.05, 0.1) is 6.42 Å². The lowest BCUT2D eigenvalue weighted by molar-refractivity contribution is -0.120. The van der Waals surface area contributed by atoms with Crippen molar-refractivity contribution in [1.29, 1.82) is 0 Å². The van der Waals surface area contributed by atoms with Crippen molar-refractivity contribution in [2.45, 2.75) is 12.8 Å². The number of nitrogens with one attached hydrogen (secondary N) is 3. The van der Waals surface area contributed by atoms with Gasteiger partial charge < -0.3 is 10.3 Å². The molecular formula is C15H15BrN4O. The second kappa shape index (κ2) is 6.13. The summed E-state index contributed by atoms with van der Waals surface area (Å²) in [6.45, 7) is 0.617. The largest absolute Gasteiger partial charge is 0.361 e. The van der Waals surface area contributed by atoms with Crippen molar-refractivity contribution >= 4 is 32.7 Å². The summed E-state index contributed by atoms with van der Waals surface area (Å²) < 4.78 is 1.05. The number of aromatic amines is 2. The second-order valence-electron chi connectivity index (χ2n) is 4.86. The molecule has 0 unspecified atom stereocenters. The van der Waals surface area contributed by atoms with E-state index in [9.17, 15) is 4.79 Å². The van der Waals surface area contributed by atoms with Gasteiger partial charge in [0.25, 0.3) is 0 Å². The zero-order chi connectivity index (χ0) is 14.7. The summed E-state index contributed by atoms with van der Waals surface area (Å²) in [6.07, 6.45) is 4.77. The van der Waals surface area contributed by atoms with E-state index in [0.717, 1.165) is 22.1 Å². The number of hydrogen-bond acceptors (Lipinski definition) is 2. The number of amides is 1. The molecule has 0 bridgehead atoms. The lowest BCUT2D eigenvalue weighted by atomic mass is 10.1. The Morgan fingerprint density at radius 3 is 3.05 bits per heavy atom. The highest BCUT2D eigenvalue weighted by Crippen LogP contribution is 2.22. The molecule has 108 valence electrons. The number of rotatable bonds is 5. The first-order chi connectivity index (χ1) is 10.2. The van der Waals surface area contributed by atoms with Gasteiger partial charge in [-0.1, -0.05) is 15.9 Å². The van der Waals surface area contributed by atoms with Crippen molar-refractivity contribution in [3.63, 3.8) is 0 Å². The van der Waals surface area contributed by atoms with Crippen molar-refractivity contribution in [2.75, 3.05) is 6.54 Å². The van der Waals surface area contributed by atoms with E-state index in [0.29, 0.717) is 13.0 Å². The summed E-state index contributed by atoms with van der Waals surface area (Å²) in [5.41, 5.74) is 3.13. The minimum atomic E-state index is 0.000252. The monoisotopic (exact) mass is 346 g/mol. The highest BCUT2D eigenvalue weighted by Gasteiger charge is 2.06. The molecule has 0 aliphatic heterocycles. The van der Waals surface area contributed by atoms with Crippen LogP contribution in [0.25, 0.3) is 10.9 Å². The minimum absolute atomic E-state index is 0.000252. The number of carbonyl (C=O) groups excluding carboxylic acids is 1. The quantitative estimate of drug-likeness (QED) is 0.664. The summed E-state index contributed by atoms with van der Waals surface area (Å²) in [7, 11) is 0. The van der Waals surface area contributed by atoms with E-state index in [-0.39, 0.29) is 5.91 Å². The first-order valence-electron chi connectivity index (χ1n) is 6.73. The van der Waals surface area contributed by atoms with Crippen LogP contribution in [-0.4, -0.2) is 27.6 Å². The van der Waals surface area contributed by atoms with E-state index < -0.39 is 0 Å². The Bertz CT molecular complexity index is 748. The molecule has 5 nitrogen and oxygen atoms in total. The molecule has 3 rings (SSSR count). The topological polar surface area (TPSA) is 73.6 Å². The van der Waals surface area contributed by atoms with E-state index >= 15 is 0 Å². The number of fused-ring (bicyclic) bond motifs is 1. The summed E-state index contributed by atoms with van der Waals surface area (Å²) in [5.74, 6) is 0.000252. The van der Waals surface area contributed by atoms with Gasteiger partial charge in [0.15, 0.2) is 0 Å². The normalized spacial score (nSPS) is 10.9. The predicted molar refractivity (Wildman–Crippen MR) is 85.0 cm³/mol. The molecule has 1 aromatic carbocycles. The van der Waals surface area contributed by atoms with Crippen LogP contribution in [0.3, 0.4) is 0 Å². The van der Waals surface area contributed by atoms with Crippen LogP contribution in [0.2, 0.25) is 0 Å².